The smallest absolute Gasteiger partial charge is 0.336 e. The van der Waals surface area contributed by atoms with E-state index in [2.05, 4.69) is 15.0 Å². The number of rotatable bonds is 9. The summed E-state index contributed by atoms with van der Waals surface area (Å²) in [5.74, 6) is -1.27. The number of amides is 1. The molecule has 12 heteroatoms. The first kappa shape index (κ1) is 29.4. The monoisotopic (exact) mass is 602 g/mol. The SMILES string of the molecule is CC1(C)CNc2c(S(=O)(=O)NC(Cc3nc4ccccc4s3)C(=O)N3CCC(CCF)CC3)ccc(C(=O)O)c2C1. The Morgan fingerprint density at radius 2 is 1.95 bits per heavy atom. The van der Waals surface area contributed by atoms with Crippen LogP contribution in [0.4, 0.5) is 10.1 Å². The third kappa shape index (κ3) is 6.39. The van der Waals surface area contributed by atoms with Gasteiger partial charge in [-0.1, -0.05) is 26.0 Å². The van der Waals surface area contributed by atoms with Crippen molar-refractivity contribution in [2.45, 2.75) is 56.9 Å². The average Bonchev–Trinajstić information content (AvgIpc) is 3.34. The molecule has 0 bridgehead atoms. The van der Waals surface area contributed by atoms with Gasteiger partial charge in [0.1, 0.15) is 10.9 Å². The van der Waals surface area contributed by atoms with Gasteiger partial charge in [0.05, 0.1) is 33.1 Å². The van der Waals surface area contributed by atoms with Crippen LogP contribution in [0.15, 0.2) is 41.3 Å². The minimum Gasteiger partial charge on any atom is -0.478 e. The number of fused-ring (bicyclic) bond motifs is 2. The molecule has 5 rings (SSSR count). The summed E-state index contributed by atoms with van der Waals surface area (Å²) in [5, 5.41) is 13.6. The molecule has 1 atom stereocenters. The molecule has 9 nitrogen and oxygen atoms in total. The number of carbonyl (C=O) groups is 2. The van der Waals surface area contributed by atoms with E-state index in [9.17, 15) is 27.5 Å². The van der Waals surface area contributed by atoms with Crippen LogP contribution in [0.1, 0.15) is 54.0 Å². The lowest BCUT2D eigenvalue weighted by Gasteiger charge is -2.35. The van der Waals surface area contributed by atoms with E-state index >= 15 is 0 Å². The zero-order valence-corrected chi connectivity index (χ0v) is 24.8. The van der Waals surface area contributed by atoms with Gasteiger partial charge in [0.25, 0.3) is 0 Å². The Kier molecular flexibility index (Phi) is 8.36. The predicted octanol–water partition coefficient (Wildman–Crippen LogP) is 4.48. The van der Waals surface area contributed by atoms with Crippen molar-refractivity contribution in [2.24, 2.45) is 11.3 Å². The van der Waals surface area contributed by atoms with E-state index < -0.39 is 28.7 Å². The van der Waals surface area contributed by atoms with Crippen LogP contribution in [0.5, 0.6) is 0 Å². The van der Waals surface area contributed by atoms with Crippen LogP contribution >= 0.6 is 11.3 Å². The molecule has 1 unspecified atom stereocenters. The number of halogens is 1. The number of aromatic nitrogens is 1. The molecule has 1 fully saturated rings. The van der Waals surface area contributed by atoms with Crippen LogP contribution in [0, 0.1) is 11.3 Å². The Balaban J connectivity index is 1.47. The third-order valence-corrected chi connectivity index (χ3v) is 10.5. The number of para-hydroxylation sites is 1. The van der Waals surface area contributed by atoms with E-state index in [1.54, 1.807) is 4.90 Å². The molecule has 0 radical (unpaired) electrons. The highest BCUT2D eigenvalue weighted by molar-refractivity contribution is 7.89. The number of piperidine rings is 1. The predicted molar refractivity (Wildman–Crippen MR) is 157 cm³/mol. The second-order valence-corrected chi connectivity index (χ2v) is 14.5. The number of carboxylic acid groups (broad SMARTS) is 1. The number of carboxylic acids is 1. The summed E-state index contributed by atoms with van der Waals surface area (Å²) < 4.78 is 44.3. The summed E-state index contributed by atoms with van der Waals surface area (Å²) in [6.45, 7) is 4.90. The summed E-state index contributed by atoms with van der Waals surface area (Å²) in [5.41, 5.74) is 1.25. The van der Waals surface area contributed by atoms with Crippen LogP contribution in [0.2, 0.25) is 0 Å². The van der Waals surface area contributed by atoms with E-state index in [1.807, 2.05) is 38.1 Å². The lowest BCUT2D eigenvalue weighted by Crippen LogP contribution is -2.51. The molecule has 3 aromatic rings. The van der Waals surface area contributed by atoms with Crippen molar-refractivity contribution >= 4 is 49.1 Å². The lowest BCUT2D eigenvalue weighted by molar-refractivity contribution is -0.134. The quantitative estimate of drug-likeness (QED) is 0.330. The number of carbonyl (C=O) groups excluding carboxylic acids is 1. The van der Waals surface area contributed by atoms with Gasteiger partial charge >= 0.3 is 5.97 Å². The Morgan fingerprint density at radius 3 is 2.63 bits per heavy atom. The first-order valence-corrected chi connectivity index (χ1v) is 16.1. The highest BCUT2D eigenvalue weighted by Crippen LogP contribution is 2.38. The number of hydrogen-bond donors (Lipinski definition) is 3. The normalized spacial score (nSPS) is 18.1. The minimum absolute atomic E-state index is 0.0532. The average molecular weight is 603 g/mol. The van der Waals surface area contributed by atoms with Gasteiger partial charge in [-0.15, -0.1) is 11.3 Å². The summed E-state index contributed by atoms with van der Waals surface area (Å²) in [6, 6.07) is 9.06. The molecule has 0 spiro atoms. The molecular formula is C29H35FN4O5S2. The summed E-state index contributed by atoms with van der Waals surface area (Å²) in [4.78, 5) is 32.0. The second kappa shape index (κ2) is 11.7. The minimum atomic E-state index is -4.26. The molecule has 1 saturated heterocycles. The van der Waals surface area contributed by atoms with E-state index in [0.717, 1.165) is 10.2 Å². The van der Waals surface area contributed by atoms with E-state index in [1.165, 1.54) is 23.5 Å². The Bertz CT molecular complexity index is 1530. The summed E-state index contributed by atoms with van der Waals surface area (Å²) in [6.07, 6.45) is 2.26. The molecule has 1 aromatic heterocycles. The van der Waals surface area contributed by atoms with Gasteiger partial charge in [-0.25, -0.2) is 18.2 Å². The van der Waals surface area contributed by atoms with Crippen LogP contribution in [0.3, 0.4) is 0 Å². The number of benzene rings is 2. The van der Waals surface area contributed by atoms with Crippen molar-refractivity contribution in [3.8, 4) is 0 Å². The molecule has 41 heavy (non-hydrogen) atoms. The Labute approximate surface area is 243 Å². The molecule has 220 valence electrons. The molecule has 2 aromatic carbocycles. The van der Waals surface area contributed by atoms with Gasteiger partial charge < -0.3 is 15.3 Å². The molecule has 2 aliphatic heterocycles. The number of aromatic carboxylic acids is 1. The van der Waals surface area contributed by atoms with E-state index in [4.69, 9.17) is 0 Å². The number of nitrogens with zero attached hydrogens (tertiary/aromatic N) is 2. The molecule has 1 amide bonds. The number of likely N-dealkylation sites (tertiary alicyclic amines) is 1. The fraction of sp³-hybridized carbons (Fsp3) is 0.483. The van der Waals surface area contributed by atoms with Crippen LogP contribution in [-0.2, 0) is 27.7 Å². The van der Waals surface area contributed by atoms with Crippen molar-refractivity contribution in [2.75, 3.05) is 31.6 Å². The van der Waals surface area contributed by atoms with Crippen molar-refractivity contribution in [1.29, 1.82) is 0 Å². The van der Waals surface area contributed by atoms with Gasteiger partial charge in [-0.2, -0.15) is 4.72 Å². The maximum absolute atomic E-state index is 13.9. The topological polar surface area (TPSA) is 129 Å². The number of anilines is 1. The van der Waals surface area contributed by atoms with E-state index in [0.29, 0.717) is 55.9 Å². The van der Waals surface area contributed by atoms with Gasteiger partial charge in [-0.3, -0.25) is 9.18 Å². The summed E-state index contributed by atoms with van der Waals surface area (Å²) >= 11 is 1.41. The van der Waals surface area contributed by atoms with Crippen molar-refractivity contribution in [1.82, 2.24) is 14.6 Å². The number of thiazole rings is 1. The van der Waals surface area contributed by atoms with Crippen molar-refractivity contribution < 1.29 is 27.5 Å². The van der Waals surface area contributed by atoms with Crippen molar-refractivity contribution in [3.05, 3.63) is 52.5 Å². The largest absolute Gasteiger partial charge is 0.478 e. The zero-order valence-electron chi connectivity index (χ0n) is 23.2. The fourth-order valence-corrected chi connectivity index (χ4v) is 8.14. The number of sulfonamides is 1. The Hall–Kier alpha value is -3.09. The molecule has 3 N–H and O–H groups in total. The van der Waals surface area contributed by atoms with Gasteiger partial charge in [0.2, 0.25) is 15.9 Å². The number of nitrogens with one attached hydrogen (secondary N) is 2. The van der Waals surface area contributed by atoms with Crippen LogP contribution < -0.4 is 10.0 Å². The van der Waals surface area contributed by atoms with Crippen LogP contribution in [0.25, 0.3) is 10.2 Å². The highest BCUT2D eigenvalue weighted by atomic mass is 32.2. The molecule has 3 heterocycles. The fourth-order valence-electron chi connectivity index (χ4n) is 5.73. The van der Waals surface area contributed by atoms with Crippen LogP contribution in [-0.4, -0.2) is 67.6 Å². The van der Waals surface area contributed by atoms with Gasteiger partial charge in [-0.05, 0) is 66.8 Å². The Morgan fingerprint density at radius 1 is 1.22 bits per heavy atom. The molecule has 0 saturated carbocycles. The van der Waals surface area contributed by atoms with Crippen molar-refractivity contribution in [3.63, 3.8) is 0 Å². The van der Waals surface area contributed by atoms with Gasteiger partial charge in [0, 0.05) is 26.1 Å². The zero-order chi connectivity index (χ0) is 29.4. The molecule has 2 aliphatic rings. The molecular weight excluding hydrogens is 567 g/mol. The lowest BCUT2D eigenvalue weighted by atomic mass is 9.80. The summed E-state index contributed by atoms with van der Waals surface area (Å²) in [7, 11) is -4.26. The van der Waals surface area contributed by atoms with Gasteiger partial charge in [0.15, 0.2) is 0 Å². The number of alkyl halides is 1. The maximum Gasteiger partial charge on any atom is 0.336 e. The first-order chi connectivity index (χ1) is 19.5. The highest BCUT2D eigenvalue weighted by Gasteiger charge is 2.36. The second-order valence-electron chi connectivity index (χ2n) is 11.7. The maximum atomic E-state index is 13.9. The molecule has 0 aliphatic carbocycles. The standard InChI is InChI=1S/C29H35FN4O5S2/c1-29(2)16-20-19(28(36)37)7-8-24(26(20)31-17-29)41(38,39)33-22(15-25-32-21-5-3-4-6-23(21)40-25)27(35)34-13-10-18(9-12-30)11-14-34/h3-8,18,22,31,33H,9-17H2,1-2H3,(H,36,37). The van der Waals surface area contributed by atoms with E-state index in [-0.39, 0.29) is 39.8 Å². The number of hydrogen-bond acceptors (Lipinski definition) is 7. The first-order valence-electron chi connectivity index (χ1n) is 13.8. The third-order valence-electron chi connectivity index (χ3n) is 7.95.